The normalized spacial score (nSPS) is 19.8. The van der Waals surface area contributed by atoms with Gasteiger partial charge in [0.25, 0.3) is 0 Å². The number of likely N-dealkylation sites (N-methyl/N-ethyl adjacent to an activating group) is 1. The van der Waals surface area contributed by atoms with Gasteiger partial charge in [-0.15, -0.1) is 0 Å². The number of methoxy groups -OCH3 is 2. The Morgan fingerprint density at radius 2 is 1.57 bits per heavy atom. The van der Waals surface area contributed by atoms with Gasteiger partial charge in [0.05, 0.1) is 36.6 Å². The van der Waals surface area contributed by atoms with Crippen LogP contribution in [0.2, 0.25) is 0 Å². The van der Waals surface area contributed by atoms with Gasteiger partial charge in [-0.2, -0.15) is 0 Å². The summed E-state index contributed by atoms with van der Waals surface area (Å²) in [5.41, 5.74) is 0. The third-order valence-corrected chi connectivity index (χ3v) is 8.17. The fraction of sp³-hybridized carbons (Fsp3) is 0.862. The van der Waals surface area contributed by atoms with Crippen molar-refractivity contribution >= 4 is 23.7 Å². The monoisotopic (exact) mass is 569 g/mol. The standard InChI is InChI=1S/C29H55N5O6/c1-13-19(4)25(33(10)27(36)24(18(2)3)30-29(31(6)7)32(8)9)22(39-11)17-23(35)34-16-14-15-21(34)26(40-12)20(5)28(37)38/h18-22,24-26H,13-17H2,1-12H3,(H,37,38)/t19-,20?,21-,22+,24-,25-,26?/m0/s1. The topological polar surface area (TPSA) is 115 Å². The molecular weight excluding hydrogens is 514 g/mol. The van der Waals surface area contributed by atoms with Crippen LogP contribution in [0.5, 0.6) is 0 Å². The van der Waals surface area contributed by atoms with Crippen LogP contribution in [0.3, 0.4) is 0 Å². The van der Waals surface area contributed by atoms with Crippen LogP contribution in [0.15, 0.2) is 4.99 Å². The molecule has 1 rings (SSSR count). The van der Waals surface area contributed by atoms with E-state index in [0.717, 1.165) is 12.8 Å². The molecule has 1 aliphatic heterocycles. The molecule has 1 N–H and O–H groups in total. The summed E-state index contributed by atoms with van der Waals surface area (Å²) in [4.78, 5) is 51.4. The van der Waals surface area contributed by atoms with Crippen LogP contribution < -0.4 is 0 Å². The first kappa shape index (κ1) is 35.6. The van der Waals surface area contributed by atoms with E-state index in [1.165, 1.54) is 7.11 Å². The molecule has 1 aliphatic rings. The minimum absolute atomic E-state index is 0.0439. The first-order valence-electron chi connectivity index (χ1n) is 14.4. The number of carboxylic acid groups (broad SMARTS) is 1. The smallest absolute Gasteiger partial charge is 0.308 e. The zero-order valence-electron chi connectivity index (χ0n) is 26.9. The molecule has 1 heterocycles. The summed E-state index contributed by atoms with van der Waals surface area (Å²) >= 11 is 0. The highest BCUT2D eigenvalue weighted by Crippen LogP contribution is 2.29. The molecular formula is C29H55N5O6. The number of rotatable bonds is 14. The average Bonchev–Trinajstić information content (AvgIpc) is 3.37. The molecule has 2 unspecified atom stereocenters. The van der Waals surface area contributed by atoms with Crippen molar-refractivity contribution in [1.29, 1.82) is 0 Å². The van der Waals surface area contributed by atoms with E-state index < -0.39 is 30.1 Å². The lowest BCUT2D eigenvalue weighted by Crippen LogP contribution is -2.55. The molecule has 0 aliphatic carbocycles. The van der Waals surface area contributed by atoms with Gasteiger partial charge in [-0.25, -0.2) is 4.99 Å². The maximum absolute atomic E-state index is 14.0. The molecule has 0 radical (unpaired) electrons. The summed E-state index contributed by atoms with van der Waals surface area (Å²) < 4.78 is 11.5. The molecule has 7 atom stereocenters. The fourth-order valence-corrected chi connectivity index (χ4v) is 5.75. The molecule has 0 aromatic carbocycles. The third kappa shape index (κ3) is 8.80. The lowest BCUT2D eigenvalue weighted by molar-refractivity contribution is -0.152. The summed E-state index contributed by atoms with van der Waals surface area (Å²) in [5, 5.41) is 9.57. The number of carbonyl (C=O) groups is 3. The van der Waals surface area contributed by atoms with E-state index in [9.17, 15) is 19.5 Å². The number of carboxylic acids is 1. The molecule has 1 saturated heterocycles. The molecule has 0 bridgehead atoms. The molecule has 11 heteroatoms. The quantitative estimate of drug-likeness (QED) is 0.251. The van der Waals surface area contributed by atoms with Crippen molar-refractivity contribution in [2.75, 3.05) is 56.0 Å². The molecule has 0 saturated carbocycles. The van der Waals surface area contributed by atoms with Gasteiger partial charge in [-0.1, -0.05) is 34.1 Å². The highest BCUT2D eigenvalue weighted by molar-refractivity contribution is 5.87. The Bertz CT molecular complexity index is 854. The lowest BCUT2D eigenvalue weighted by Gasteiger charge is -2.40. The zero-order valence-corrected chi connectivity index (χ0v) is 26.9. The van der Waals surface area contributed by atoms with Crippen molar-refractivity contribution in [2.24, 2.45) is 22.7 Å². The first-order chi connectivity index (χ1) is 18.6. The molecule has 0 spiro atoms. The molecule has 1 fully saturated rings. The molecule has 0 aromatic heterocycles. The van der Waals surface area contributed by atoms with Crippen molar-refractivity contribution in [3.8, 4) is 0 Å². The summed E-state index contributed by atoms with van der Waals surface area (Å²) in [6.45, 7) is 10.2. The van der Waals surface area contributed by atoms with Crippen molar-refractivity contribution in [1.82, 2.24) is 19.6 Å². The molecule has 232 valence electrons. The number of hydrogen-bond donors (Lipinski definition) is 1. The van der Waals surface area contributed by atoms with Crippen LogP contribution in [0.25, 0.3) is 0 Å². The zero-order chi connectivity index (χ0) is 30.9. The lowest BCUT2D eigenvalue weighted by atomic mass is 9.89. The van der Waals surface area contributed by atoms with Gasteiger partial charge in [0.2, 0.25) is 11.8 Å². The van der Waals surface area contributed by atoms with Crippen LogP contribution in [0, 0.1) is 17.8 Å². The van der Waals surface area contributed by atoms with Crippen LogP contribution in [0.1, 0.15) is 60.3 Å². The largest absolute Gasteiger partial charge is 0.481 e. The second-order valence-electron chi connectivity index (χ2n) is 11.8. The van der Waals surface area contributed by atoms with Gasteiger partial charge >= 0.3 is 5.97 Å². The minimum Gasteiger partial charge on any atom is -0.481 e. The Hall–Kier alpha value is -2.40. The molecule has 0 aromatic rings. The van der Waals surface area contributed by atoms with Gasteiger partial charge in [0.15, 0.2) is 5.96 Å². The number of aliphatic carboxylic acids is 1. The van der Waals surface area contributed by atoms with Crippen LogP contribution in [-0.4, -0.2) is 135 Å². The first-order valence-corrected chi connectivity index (χ1v) is 14.4. The van der Waals surface area contributed by atoms with Gasteiger partial charge in [-0.3, -0.25) is 14.4 Å². The Balaban J connectivity index is 3.31. The predicted octanol–water partition coefficient (Wildman–Crippen LogP) is 2.50. The Morgan fingerprint density at radius 1 is 1.00 bits per heavy atom. The number of likely N-dealkylation sites (tertiary alicyclic amines) is 1. The summed E-state index contributed by atoms with van der Waals surface area (Å²) in [5.74, 6) is -1.24. The van der Waals surface area contributed by atoms with E-state index in [4.69, 9.17) is 14.5 Å². The van der Waals surface area contributed by atoms with Crippen molar-refractivity contribution in [2.45, 2.75) is 90.6 Å². The van der Waals surface area contributed by atoms with Crippen molar-refractivity contribution in [3.05, 3.63) is 0 Å². The summed E-state index contributed by atoms with van der Waals surface area (Å²) in [7, 11) is 12.4. The number of carbonyl (C=O) groups excluding carboxylic acids is 2. The SMILES string of the molecule is CC[C@H](C)[C@@H]([C@@H](CC(=O)N1CCC[C@H]1C(OC)C(C)C(=O)O)OC)N(C)C(=O)[C@@H](N=C(N(C)C)N(C)C)C(C)C. The van der Waals surface area contributed by atoms with Crippen molar-refractivity contribution in [3.63, 3.8) is 0 Å². The molecule has 2 amide bonds. The third-order valence-electron chi connectivity index (χ3n) is 8.17. The number of hydrogen-bond acceptors (Lipinski definition) is 6. The van der Waals surface area contributed by atoms with E-state index in [1.807, 2.05) is 51.8 Å². The second kappa shape index (κ2) is 16.1. The second-order valence-corrected chi connectivity index (χ2v) is 11.8. The van der Waals surface area contributed by atoms with Gasteiger partial charge in [0, 0.05) is 56.0 Å². The number of nitrogens with zero attached hydrogens (tertiary/aromatic N) is 5. The van der Waals surface area contributed by atoms with Crippen molar-refractivity contribution < 1.29 is 29.0 Å². The average molecular weight is 570 g/mol. The summed E-state index contributed by atoms with van der Waals surface area (Å²) in [6.07, 6.45) is 1.18. The maximum atomic E-state index is 14.0. The fourth-order valence-electron chi connectivity index (χ4n) is 5.75. The highest BCUT2D eigenvalue weighted by Gasteiger charge is 2.42. The minimum atomic E-state index is -0.952. The number of aliphatic imine (C=N–C) groups is 1. The number of amides is 2. The van der Waals surface area contributed by atoms with Gasteiger partial charge in [-0.05, 0) is 31.6 Å². The van der Waals surface area contributed by atoms with Crippen LogP contribution >= 0.6 is 0 Å². The molecule has 40 heavy (non-hydrogen) atoms. The molecule has 11 nitrogen and oxygen atoms in total. The van der Waals surface area contributed by atoms with E-state index in [-0.39, 0.29) is 42.2 Å². The Kier molecular flexibility index (Phi) is 14.4. The van der Waals surface area contributed by atoms with E-state index >= 15 is 0 Å². The Morgan fingerprint density at radius 3 is 2.00 bits per heavy atom. The van der Waals surface area contributed by atoms with E-state index in [0.29, 0.717) is 18.9 Å². The summed E-state index contributed by atoms with van der Waals surface area (Å²) in [6, 6.07) is -1.28. The van der Waals surface area contributed by atoms with Gasteiger partial charge < -0.3 is 34.2 Å². The predicted molar refractivity (Wildman–Crippen MR) is 157 cm³/mol. The van der Waals surface area contributed by atoms with E-state index in [1.54, 1.807) is 30.9 Å². The number of ether oxygens (including phenoxy) is 2. The van der Waals surface area contributed by atoms with E-state index in [2.05, 4.69) is 13.8 Å². The van der Waals surface area contributed by atoms with Crippen LogP contribution in [-0.2, 0) is 23.9 Å². The van der Waals surface area contributed by atoms with Gasteiger partial charge in [0.1, 0.15) is 6.04 Å². The highest BCUT2D eigenvalue weighted by atomic mass is 16.5. The van der Waals surface area contributed by atoms with Crippen LogP contribution in [0.4, 0.5) is 0 Å². The number of guanidine groups is 1. The maximum Gasteiger partial charge on any atom is 0.308 e. The Labute approximate surface area is 241 Å².